The van der Waals surface area contributed by atoms with Crippen molar-refractivity contribution in [3.63, 3.8) is 0 Å². The highest BCUT2D eigenvalue weighted by molar-refractivity contribution is 6.13. The van der Waals surface area contributed by atoms with Gasteiger partial charge in [-0.05, 0) is 17.7 Å². The van der Waals surface area contributed by atoms with Crippen molar-refractivity contribution < 1.29 is 4.79 Å². The van der Waals surface area contributed by atoms with E-state index in [4.69, 9.17) is 0 Å². The molecule has 5 aromatic rings. The lowest BCUT2D eigenvalue weighted by Gasteiger charge is -2.07. The lowest BCUT2D eigenvalue weighted by atomic mass is 10.1. The summed E-state index contributed by atoms with van der Waals surface area (Å²) in [4.78, 5) is 20.9. The molecule has 3 aromatic carbocycles. The van der Waals surface area contributed by atoms with Crippen molar-refractivity contribution in [2.45, 2.75) is 0 Å². The molecule has 5 heteroatoms. The van der Waals surface area contributed by atoms with Gasteiger partial charge in [0.05, 0.1) is 17.4 Å². The number of hydrogen-bond donors (Lipinski definition) is 2. The number of aromatic nitrogens is 2. The van der Waals surface area contributed by atoms with Crippen molar-refractivity contribution >= 4 is 33.9 Å². The normalized spacial score (nSPS) is 11.3. The number of nitrogens with one attached hydrogen (secondary N) is 2. The van der Waals surface area contributed by atoms with Crippen LogP contribution in [0, 0.1) is 0 Å². The van der Waals surface area contributed by atoms with Gasteiger partial charge in [-0.25, -0.2) is 10.4 Å². The fourth-order valence-electron chi connectivity index (χ4n) is 3.53. The van der Waals surface area contributed by atoms with Crippen LogP contribution in [0.5, 0.6) is 0 Å². The minimum Gasteiger partial charge on any atom is -0.353 e. The van der Waals surface area contributed by atoms with Gasteiger partial charge in [-0.15, -0.1) is 0 Å². The van der Waals surface area contributed by atoms with Gasteiger partial charge in [0.2, 0.25) is 0 Å². The molecule has 0 aliphatic rings. The number of nitrogens with zero attached hydrogens (tertiary/aromatic N) is 2. The first-order valence-corrected chi connectivity index (χ1v) is 9.65. The summed E-state index contributed by atoms with van der Waals surface area (Å²) in [7, 11) is 0. The zero-order valence-corrected chi connectivity index (χ0v) is 16.0. The molecule has 30 heavy (non-hydrogen) atoms. The molecule has 0 atom stereocenters. The standard InChI is InChI=1S/C25H18N4O/c30-25(29-26-16-17-9-3-1-4-10-17)22-15-20-19-13-7-8-14-21(19)27-24(20)23(28-22)18-11-5-2-6-12-18/h1-16,27H,(H,29,30)/b26-16-. The zero-order valence-electron chi connectivity index (χ0n) is 16.0. The Morgan fingerprint density at radius 3 is 2.37 bits per heavy atom. The third-order valence-electron chi connectivity index (χ3n) is 4.96. The Bertz CT molecular complexity index is 1370. The molecule has 0 saturated carbocycles. The molecule has 0 aliphatic carbocycles. The second-order valence-electron chi connectivity index (χ2n) is 6.93. The number of pyridine rings is 1. The highest BCUT2D eigenvalue weighted by Gasteiger charge is 2.16. The molecule has 0 bridgehead atoms. The highest BCUT2D eigenvalue weighted by Crippen LogP contribution is 2.32. The Hall–Kier alpha value is -4.25. The molecule has 2 heterocycles. The quantitative estimate of drug-likeness (QED) is 0.329. The van der Waals surface area contributed by atoms with Gasteiger partial charge < -0.3 is 4.98 Å². The molecule has 5 nitrogen and oxygen atoms in total. The number of carbonyl (C=O) groups excluding carboxylic acids is 1. The average Bonchev–Trinajstić information content (AvgIpc) is 3.18. The van der Waals surface area contributed by atoms with Crippen LogP contribution in [-0.4, -0.2) is 22.1 Å². The zero-order chi connectivity index (χ0) is 20.3. The summed E-state index contributed by atoms with van der Waals surface area (Å²) in [5, 5.41) is 6.08. The molecular formula is C25H18N4O. The van der Waals surface area contributed by atoms with Gasteiger partial charge in [0.15, 0.2) is 0 Å². The van der Waals surface area contributed by atoms with E-state index in [1.165, 1.54) is 0 Å². The van der Waals surface area contributed by atoms with E-state index in [2.05, 4.69) is 20.5 Å². The number of fused-ring (bicyclic) bond motifs is 3. The van der Waals surface area contributed by atoms with Crippen LogP contribution in [0.2, 0.25) is 0 Å². The molecule has 144 valence electrons. The lowest BCUT2D eigenvalue weighted by Crippen LogP contribution is -2.19. The smallest absolute Gasteiger partial charge is 0.289 e. The largest absolute Gasteiger partial charge is 0.353 e. The first kappa shape index (κ1) is 17.8. The first-order valence-electron chi connectivity index (χ1n) is 9.65. The van der Waals surface area contributed by atoms with E-state index >= 15 is 0 Å². The maximum Gasteiger partial charge on any atom is 0.289 e. The summed E-state index contributed by atoms with van der Waals surface area (Å²) in [6.07, 6.45) is 1.61. The van der Waals surface area contributed by atoms with Gasteiger partial charge in [0.1, 0.15) is 5.69 Å². The van der Waals surface area contributed by atoms with E-state index < -0.39 is 0 Å². The van der Waals surface area contributed by atoms with E-state index in [-0.39, 0.29) is 5.91 Å². The minimum atomic E-state index is -0.355. The van der Waals surface area contributed by atoms with Crippen LogP contribution in [0.3, 0.4) is 0 Å². The molecule has 5 rings (SSSR count). The number of hydrogen-bond acceptors (Lipinski definition) is 3. The Balaban J connectivity index is 1.59. The topological polar surface area (TPSA) is 70.1 Å². The van der Waals surface area contributed by atoms with E-state index in [9.17, 15) is 4.79 Å². The first-order chi connectivity index (χ1) is 14.8. The molecule has 1 amide bonds. The Morgan fingerprint density at radius 1 is 0.867 bits per heavy atom. The van der Waals surface area contributed by atoms with Crippen LogP contribution >= 0.6 is 0 Å². The lowest BCUT2D eigenvalue weighted by molar-refractivity contribution is 0.0950. The Kier molecular flexibility index (Phi) is 4.54. The summed E-state index contributed by atoms with van der Waals surface area (Å²) in [6, 6.07) is 29.3. The van der Waals surface area contributed by atoms with Crippen molar-refractivity contribution in [3.8, 4) is 11.3 Å². The van der Waals surface area contributed by atoms with Gasteiger partial charge >= 0.3 is 0 Å². The molecule has 0 aliphatic heterocycles. The number of para-hydroxylation sites is 1. The summed E-state index contributed by atoms with van der Waals surface area (Å²) in [6.45, 7) is 0. The molecule has 2 N–H and O–H groups in total. The molecular weight excluding hydrogens is 372 g/mol. The predicted molar refractivity (Wildman–Crippen MR) is 121 cm³/mol. The molecule has 0 saturated heterocycles. The van der Waals surface area contributed by atoms with Crippen molar-refractivity contribution in [2.75, 3.05) is 0 Å². The number of amides is 1. The second kappa shape index (κ2) is 7.64. The number of hydrazone groups is 1. The summed E-state index contributed by atoms with van der Waals surface area (Å²) in [5.41, 5.74) is 7.40. The minimum absolute atomic E-state index is 0.316. The average molecular weight is 390 g/mol. The SMILES string of the molecule is O=C(N/N=C\c1ccccc1)c1cc2c([nH]c3ccccc32)c(-c2ccccc2)n1. The van der Waals surface area contributed by atoms with Crippen molar-refractivity contribution in [1.82, 2.24) is 15.4 Å². The molecule has 0 spiro atoms. The molecule has 2 aromatic heterocycles. The monoisotopic (exact) mass is 390 g/mol. The van der Waals surface area contributed by atoms with Crippen molar-refractivity contribution in [1.29, 1.82) is 0 Å². The number of aromatic amines is 1. The molecule has 0 unspecified atom stereocenters. The molecule has 0 fully saturated rings. The Morgan fingerprint density at radius 2 is 1.57 bits per heavy atom. The van der Waals surface area contributed by atoms with E-state index in [1.54, 1.807) is 6.21 Å². The number of benzene rings is 3. The summed E-state index contributed by atoms with van der Waals surface area (Å²) < 4.78 is 0. The van der Waals surface area contributed by atoms with Crippen LogP contribution < -0.4 is 5.43 Å². The number of carbonyl (C=O) groups is 1. The van der Waals surface area contributed by atoms with E-state index in [1.807, 2.05) is 91.0 Å². The van der Waals surface area contributed by atoms with Gasteiger partial charge in [-0.2, -0.15) is 5.10 Å². The summed E-state index contributed by atoms with van der Waals surface area (Å²) >= 11 is 0. The van der Waals surface area contributed by atoms with Gasteiger partial charge in [-0.3, -0.25) is 4.79 Å². The van der Waals surface area contributed by atoms with Crippen LogP contribution in [0.25, 0.3) is 33.1 Å². The van der Waals surface area contributed by atoms with E-state index in [0.29, 0.717) is 5.69 Å². The fraction of sp³-hybridized carbons (Fsp3) is 0. The van der Waals surface area contributed by atoms with Crippen molar-refractivity contribution in [3.05, 3.63) is 102 Å². The number of H-pyrrole nitrogens is 1. The maximum absolute atomic E-state index is 12.8. The van der Waals surface area contributed by atoms with Gasteiger partial charge in [0.25, 0.3) is 5.91 Å². The second-order valence-corrected chi connectivity index (χ2v) is 6.93. The maximum atomic E-state index is 12.8. The van der Waals surface area contributed by atoms with Crippen LogP contribution in [0.1, 0.15) is 16.1 Å². The third-order valence-corrected chi connectivity index (χ3v) is 4.96. The van der Waals surface area contributed by atoms with Gasteiger partial charge in [-0.1, -0.05) is 78.9 Å². The fourth-order valence-corrected chi connectivity index (χ4v) is 3.53. The number of rotatable bonds is 4. The predicted octanol–water partition coefficient (Wildman–Crippen LogP) is 5.15. The molecule has 0 radical (unpaired) electrons. The Labute approximate surface area is 173 Å². The highest BCUT2D eigenvalue weighted by atomic mass is 16.2. The third kappa shape index (κ3) is 3.33. The van der Waals surface area contributed by atoms with Crippen LogP contribution in [-0.2, 0) is 0 Å². The van der Waals surface area contributed by atoms with Crippen molar-refractivity contribution in [2.24, 2.45) is 5.10 Å². The van der Waals surface area contributed by atoms with E-state index in [0.717, 1.165) is 38.6 Å². The van der Waals surface area contributed by atoms with Crippen LogP contribution in [0.4, 0.5) is 0 Å². The van der Waals surface area contributed by atoms with Gasteiger partial charge in [0, 0.05) is 21.9 Å². The van der Waals surface area contributed by atoms with Crippen LogP contribution in [0.15, 0.2) is 96.1 Å². The summed E-state index contributed by atoms with van der Waals surface area (Å²) in [5.74, 6) is -0.355.